The molecule has 5 heteroatoms. The van der Waals surface area contributed by atoms with Gasteiger partial charge in [0, 0.05) is 10.0 Å². The van der Waals surface area contributed by atoms with E-state index in [1.807, 2.05) is 24.3 Å². The molecule has 1 unspecified atom stereocenters. The fraction of sp³-hybridized carbons (Fsp3) is 0.250. The molecule has 0 N–H and O–H groups in total. The highest BCUT2D eigenvalue weighted by Gasteiger charge is 2.19. The van der Waals surface area contributed by atoms with Crippen LogP contribution in [0.4, 0.5) is 4.39 Å². The van der Waals surface area contributed by atoms with Crippen LogP contribution in [-0.4, -0.2) is 6.61 Å². The zero-order valence-corrected chi connectivity index (χ0v) is 16.1. The second-order valence-electron chi connectivity index (χ2n) is 4.54. The predicted octanol–water partition coefficient (Wildman–Crippen LogP) is 6.62. The first-order valence-corrected chi connectivity index (χ1v) is 9.05. The van der Waals surface area contributed by atoms with Gasteiger partial charge in [-0.15, -0.1) is 0 Å². The number of ether oxygens (including phenoxy) is 1. The zero-order valence-electron chi connectivity index (χ0n) is 11.4. The average Bonchev–Trinajstić information content (AvgIpc) is 2.45. The van der Waals surface area contributed by atoms with Gasteiger partial charge in [-0.3, -0.25) is 0 Å². The van der Waals surface area contributed by atoms with Crippen molar-refractivity contribution in [1.82, 2.24) is 0 Å². The van der Waals surface area contributed by atoms with E-state index < -0.39 is 0 Å². The SMILES string of the molecule is CCCOc1ccc(C(Br)c2c(F)cccc2Br)cc1Br. The number of benzene rings is 2. The quantitative estimate of drug-likeness (QED) is 0.437. The van der Waals surface area contributed by atoms with Gasteiger partial charge in [-0.1, -0.05) is 50.9 Å². The van der Waals surface area contributed by atoms with E-state index in [9.17, 15) is 4.39 Å². The Hall–Kier alpha value is -0.390. The molecule has 0 spiro atoms. The molecule has 2 aromatic carbocycles. The van der Waals surface area contributed by atoms with Gasteiger partial charge in [-0.05, 0) is 52.2 Å². The van der Waals surface area contributed by atoms with Crippen molar-refractivity contribution in [1.29, 1.82) is 0 Å². The molecule has 0 aliphatic rings. The van der Waals surface area contributed by atoms with Crippen LogP contribution in [0.25, 0.3) is 0 Å². The molecule has 2 aromatic rings. The van der Waals surface area contributed by atoms with E-state index in [0.29, 0.717) is 12.2 Å². The van der Waals surface area contributed by atoms with Crippen molar-refractivity contribution in [2.45, 2.75) is 18.2 Å². The lowest BCUT2D eigenvalue weighted by molar-refractivity contribution is 0.315. The molecule has 0 amide bonds. The van der Waals surface area contributed by atoms with E-state index in [1.165, 1.54) is 6.07 Å². The van der Waals surface area contributed by atoms with Crippen molar-refractivity contribution in [3.63, 3.8) is 0 Å². The van der Waals surface area contributed by atoms with Crippen LogP contribution < -0.4 is 4.74 Å². The smallest absolute Gasteiger partial charge is 0.133 e. The Labute approximate surface area is 149 Å². The summed E-state index contributed by atoms with van der Waals surface area (Å²) in [7, 11) is 0. The van der Waals surface area contributed by atoms with E-state index in [2.05, 4.69) is 54.7 Å². The number of rotatable bonds is 5. The van der Waals surface area contributed by atoms with Crippen LogP contribution in [0.5, 0.6) is 5.75 Å². The average molecular weight is 481 g/mol. The van der Waals surface area contributed by atoms with E-state index in [4.69, 9.17) is 4.74 Å². The van der Waals surface area contributed by atoms with Crippen LogP contribution >= 0.6 is 47.8 Å². The third-order valence-corrected chi connectivity index (χ3v) is 5.26. The second kappa shape index (κ2) is 7.75. The van der Waals surface area contributed by atoms with Gasteiger partial charge >= 0.3 is 0 Å². The monoisotopic (exact) mass is 478 g/mol. The Morgan fingerprint density at radius 3 is 2.52 bits per heavy atom. The summed E-state index contributed by atoms with van der Waals surface area (Å²) >= 11 is 10.5. The van der Waals surface area contributed by atoms with Crippen molar-refractivity contribution in [3.8, 4) is 5.75 Å². The Morgan fingerprint density at radius 1 is 1.14 bits per heavy atom. The topological polar surface area (TPSA) is 9.23 Å². The Bertz CT molecular complexity index is 611. The maximum Gasteiger partial charge on any atom is 0.133 e. The highest BCUT2D eigenvalue weighted by molar-refractivity contribution is 9.11. The maximum atomic E-state index is 14.0. The first-order chi connectivity index (χ1) is 10.0. The summed E-state index contributed by atoms with van der Waals surface area (Å²) in [5, 5.41) is 0. The molecule has 2 rings (SSSR count). The second-order valence-corrected chi connectivity index (χ2v) is 7.16. The van der Waals surface area contributed by atoms with Gasteiger partial charge in [0.05, 0.1) is 15.9 Å². The van der Waals surface area contributed by atoms with Crippen LogP contribution in [0.2, 0.25) is 0 Å². The maximum absolute atomic E-state index is 14.0. The first-order valence-electron chi connectivity index (χ1n) is 6.54. The molecule has 0 saturated carbocycles. The molecule has 1 nitrogen and oxygen atoms in total. The Balaban J connectivity index is 2.32. The summed E-state index contributed by atoms with van der Waals surface area (Å²) in [5.74, 6) is 0.557. The van der Waals surface area contributed by atoms with Gasteiger partial charge in [0.1, 0.15) is 11.6 Å². The third kappa shape index (κ3) is 4.08. The van der Waals surface area contributed by atoms with Crippen molar-refractivity contribution in [2.24, 2.45) is 0 Å². The minimum absolute atomic E-state index is 0.232. The van der Waals surface area contributed by atoms with E-state index in [0.717, 1.165) is 26.7 Å². The minimum atomic E-state index is -0.242. The predicted molar refractivity (Wildman–Crippen MR) is 94.8 cm³/mol. The van der Waals surface area contributed by atoms with E-state index >= 15 is 0 Å². The van der Waals surface area contributed by atoms with Crippen LogP contribution in [0.1, 0.15) is 29.3 Å². The number of alkyl halides is 1. The molecule has 0 aliphatic heterocycles. The largest absolute Gasteiger partial charge is 0.492 e. The molecular weight excluding hydrogens is 467 g/mol. The highest BCUT2D eigenvalue weighted by atomic mass is 79.9. The van der Waals surface area contributed by atoms with Gasteiger partial charge in [-0.2, -0.15) is 0 Å². The molecule has 0 bridgehead atoms. The van der Waals surface area contributed by atoms with Crippen LogP contribution in [0.3, 0.4) is 0 Å². The number of hydrogen-bond acceptors (Lipinski definition) is 1. The first kappa shape index (κ1) is 17.0. The summed E-state index contributed by atoms with van der Waals surface area (Å²) in [6, 6.07) is 10.8. The molecule has 1 atom stereocenters. The molecule has 0 saturated heterocycles. The lowest BCUT2D eigenvalue weighted by atomic mass is 10.0. The lowest BCUT2D eigenvalue weighted by Gasteiger charge is -2.15. The number of halogens is 4. The molecule has 112 valence electrons. The van der Waals surface area contributed by atoms with Crippen molar-refractivity contribution in [2.75, 3.05) is 6.61 Å². The van der Waals surface area contributed by atoms with Gasteiger partial charge < -0.3 is 4.74 Å². The zero-order chi connectivity index (χ0) is 15.4. The Kier molecular flexibility index (Phi) is 6.26. The van der Waals surface area contributed by atoms with Gasteiger partial charge in [0.2, 0.25) is 0 Å². The van der Waals surface area contributed by atoms with Crippen LogP contribution in [-0.2, 0) is 0 Å². The molecule has 0 aromatic heterocycles. The third-order valence-electron chi connectivity index (χ3n) is 2.96. The molecule has 21 heavy (non-hydrogen) atoms. The van der Waals surface area contributed by atoms with E-state index in [-0.39, 0.29) is 10.6 Å². The van der Waals surface area contributed by atoms with Crippen molar-refractivity contribution < 1.29 is 9.13 Å². The van der Waals surface area contributed by atoms with E-state index in [1.54, 1.807) is 6.07 Å². The molecule has 0 radical (unpaired) electrons. The number of hydrogen-bond donors (Lipinski definition) is 0. The minimum Gasteiger partial charge on any atom is -0.492 e. The van der Waals surface area contributed by atoms with Crippen molar-refractivity contribution >= 4 is 47.8 Å². The fourth-order valence-corrected chi connectivity index (χ4v) is 4.06. The summed E-state index contributed by atoms with van der Waals surface area (Å²) in [5.41, 5.74) is 1.54. The molecule has 0 heterocycles. The summed E-state index contributed by atoms with van der Waals surface area (Å²) in [6.07, 6.45) is 0.956. The van der Waals surface area contributed by atoms with Crippen LogP contribution in [0.15, 0.2) is 45.3 Å². The normalized spacial score (nSPS) is 12.2. The Morgan fingerprint density at radius 2 is 1.90 bits per heavy atom. The highest BCUT2D eigenvalue weighted by Crippen LogP contribution is 2.39. The fourth-order valence-electron chi connectivity index (χ4n) is 1.92. The van der Waals surface area contributed by atoms with Crippen molar-refractivity contribution in [3.05, 3.63) is 62.3 Å². The lowest BCUT2D eigenvalue weighted by Crippen LogP contribution is -2.00. The summed E-state index contributed by atoms with van der Waals surface area (Å²) in [6.45, 7) is 2.74. The van der Waals surface area contributed by atoms with Gasteiger partial charge in [0.25, 0.3) is 0 Å². The van der Waals surface area contributed by atoms with Gasteiger partial charge in [0.15, 0.2) is 0 Å². The van der Waals surface area contributed by atoms with Gasteiger partial charge in [-0.25, -0.2) is 4.39 Å². The molecule has 0 fully saturated rings. The summed E-state index contributed by atoms with van der Waals surface area (Å²) in [4.78, 5) is -0.232. The summed E-state index contributed by atoms with van der Waals surface area (Å²) < 4.78 is 21.3. The molecular formula is C16H14Br3FO. The molecule has 0 aliphatic carbocycles. The standard InChI is InChI=1S/C16H14Br3FO/c1-2-8-21-14-7-6-10(9-12(14)18)16(19)15-11(17)4-3-5-13(15)20/h3-7,9,16H,2,8H2,1H3. The van der Waals surface area contributed by atoms with Crippen LogP contribution in [0, 0.1) is 5.82 Å².